The summed E-state index contributed by atoms with van der Waals surface area (Å²) >= 11 is 0. The first kappa shape index (κ1) is 34.1. The number of carbonyl (C=O) groups is 2. The van der Waals surface area contributed by atoms with Gasteiger partial charge in [-0.3, -0.25) is 14.2 Å². The molecule has 3 N–H and O–H groups in total. The predicted octanol–water partition coefficient (Wildman–Crippen LogP) is 4.57. The summed E-state index contributed by atoms with van der Waals surface area (Å²) in [6, 6.07) is 17.8. The van der Waals surface area contributed by atoms with Gasteiger partial charge in [0.25, 0.3) is 0 Å². The summed E-state index contributed by atoms with van der Waals surface area (Å²) in [7, 11) is -3.64. The molecule has 50 heavy (non-hydrogen) atoms. The molecule has 2 saturated heterocycles. The van der Waals surface area contributed by atoms with Crippen LogP contribution in [0.5, 0.6) is 0 Å². The van der Waals surface area contributed by atoms with Gasteiger partial charge in [0.05, 0.1) is 12.9 Å². The van der Waals surface area contributed by atoms with Gasteiger partial charge in [-0.1, -0.05) is 60.7 Å². The molecule has 0 spiro atoms. The van der Waals surface area contributed by atoms with Gasteiger partial charge < -0.3 is 29.8 Å². The quantitative estimate of drug-likeness (QED) is 0.101. The zero-order chi connectivity index (χ0) is 34.5. The third-order valence-electron chi connectivity index (χ3n) is 9.38. The molecule has 2 atom stereocenters. The van der Waals surface area contributed by atoms with Crippen molar-refractivity contribution in [3.63, 3.8) is 0 Å². The number of nitrogens with zero attached hydrogens (tertiary/aromatic N) is 6. The van der Waals surface area contributed by atoms with E-state index < -0.39 is 31.5 Å². The smallest absolute Gasteiger partial charge is 0.324 e. The Morgan fingerprint density at radius 1 is 0.840 bits per heavy atom. The molecule has 0 radical (unpaired) electrons. The number of aromatic nitrogens is 4. The summed E-state index contributed by atoms with van der Waals surface area (Å²) in [4.78, 5) is 40.3. The topological polar surface area (TPSA) is 167 Å². The number of rotatable bonds is 15. The number of hydrogen-bond donors (Lipinski definition) is 2. The molecule has 2 aromatic carbocycles. The van der Waals surface area contributed by atoms with Crippen molar-refractivity contribution in [1.29, 1.82) is 0 Å². The highest BCUT2D eigenvalue weighted by Gasteiger charge is 2.51. The molecule has 3 fully saturated rings. The number of esters is 2. The number of nitrogens with two attached hydrogens (primary N) is 1. The highest BCUT2D eigenvalue weighted by atomic mass is 31.2. The average Bonchev–Trinajstić information content (AvgIpc) is 3.49. The molecule has 3 aliphatic rings. The lowest BCUT2D eigenvalue weighted by Crippen LogP contribution is -2.44. The number of anilines is 2. The van der Waals surface area contributed by atoms with Crippen molar-refractivity contribution in [3.05, 3.63) is 78.1 Å². The van der Waals surface area contributed by atoms with Crippen LogP contribution >= 0.6 is 7.44 Å². The van der Waals surface area contributed by atoms with Gasteiger partial charge in [-0.15, -0.1) is 0 Å². The standard InChI is InChI=1S/C35H43N8O6P/c36-35-39-31(38-27-15-16-27)30-32(40-35)41(23-37-30)19-20-47-24-50(46,42-17-7-13-28(42)33(44)48-21-25-9-3-1-4-10-25)43-18-8-14-29(43)34(45)49-22-26-11-5-2-6-12-26/h1-6,9-12,23,27-29H,7-8,13-22,24H2,(H3,36,38,39,40)/t28-,29-/m1/s1. The number of ether oxygens (including phenoxy) is 3. The van der Waals surface area contributed by atoms with E-state index in [4.69, 9.17) is 19.9 Å². The minimum Gasteiger partial charge on any atom is -0.460 e. The van der Waals surface area contributed by atoms with Crippen LogP contribution in [0, 0.1) is 0 Å². The van der Waals surface area contributed by atoms with E-state index in [0.29, 0.717) is 68.3 Å². The normalized spacial score (nSPS) is 19.9. The Balaban J connectivity index is 1.08. The SMILES string of the molecule is Nc1nc(NC2CC2)c2ncn(CCOCP(=O)(N3CCC[C@@H]3C(=O)OCc3ccccc3)N3CCC[C@@H]3C(=O)OCc3ccccc3)c2n1. The number of benzene rings is 2. The van der Waals surface area contributed by atoms with Gasteiger partial charge >= 0.3 is 11.9 Å². The maximum atomic E-state index is 15.4. The van der Waals surface area contributed by atoms with Crippen LogP contribution in [0.1, 0.15) is 49.7 Å². The molecule has 2 aromatic heterocycles. The number of nitrogens with one attached hydrogen (secondary N) is 1. The minimum atomic E-state index is -3.64. The van der Waals surface area contributed by atoms with Crippen LogP contribution in [0.4, 0.5) is 11.8 Å². The molecule has 4 heterocycles. The summed E-state index contributed by atoms with van der Waals surface area (Å²) < 4.78 is 38.4. The number of carbonyl (C=O) groups excluding carboxylic acids is 2. The Hall–Kier alpha value is -4.36. The van der Waals surface area contributed by atoms with Crippen molar-refractivity contribution in [2.24, 2.45) is 0 Å². The highest BCUT2D eigenvalue weighted by Crippen LogP contribution is 2.59. The molecule has 0 unspecified atom stereocenters. The maximum Gasteiger partial charge on any atom is 0.324 e. The largest absolute Gasteiger partial charge is 0.460 e. The van der Waals surface area contributed by atoms with Crippen LogP contribution in [-0.4, -0.2) is 85.0 Å². The van der Waals surface area contributed by atoms with Gasteiger partial charge in [-0.25, -0.2) is 14.3 Å². The first-order valence-electron chi connectivity index (χ1n) is 17.3. The van der Waals surface area contributed by atoms with E-state index in [1.54, 1.807) is 15.7 Å². The summed E-state index contributed by atoms with van der Waals surface area (Å²) in [6.07, 6.45) is 5.93. The Morgan fingerprint density at radius 3 is 1.98 bits per heavy atom. The third-order valence-corrected chi connectivity index (χ3v) is 12.5. The second-order valence-electron chi connectivity index (χ2n) is 13.0. The van der Waals surface area contributed by atoms with Gasteiger partial charge in [-0.2, -0.15) is 9.97 Å². The first-order valence-corrected chi connectivity index (χ1v) is 19.1. The van der Waals surface area contributed by atoms with Crippen molar-refractivity contribution in [1.82, 2.24) is 28.9 Å². The summed E-state index contributed by atoms with van der Waals surface area (Å²) in [5.41, 5.74) is 8.96. The van der Waals surface area contributed by atoms with Crippen LogP contribution in [0.3, 0.4) is 0 Å². The van der Waals surface area contributed by atoms with Crippen LogP contribution in [0.25, 0.3) is 11.2 Å². The summed E-state index contributed by atoms with van der Waals surface area (Å²) in [5, 5.41) is 3.36. The van der Waals surface area contributed by atoms with Gasteiger partial charge in [0.2, 0.25) is 13.4 Å². The van der Waals surface area contributed by atoms with Crippen LogP contribution in [-0.2, 0) is 48.1 Å². The fourth-order valence-corrected chi connectivity index (χ4v) is 9.83. The molecular weight excluding hydrogens is 659 g/mol. The lowest BCUT2D eigenvalue weighted by molar-refractivity contribution is -0.149. The maximum absolute atomic E-state index is 15.4. The fourth-order valence-electron chi connectivity index (χ4n) is 6.67. The van der Waals surface area contributed by atoms with E-state index in [9.17, 15) is 9.59 Å². The van der Waals surface area contributed by atoms with E-state index in [0.717, 1.165) is 24.0 Å². The van der Waals surface area contributed by atoms with Crippen molar-refractivity contribution >= 4 is 42.3 Å². The predicted molar refractivity (Wildman–Crippen MR) is 187 cm³/mol. The average molecular weight is 703 g/mol. The molecule has 1 aliphatic carbocycles. The zero-order valence-electron chi connectivity index (χ0n) is 27.9. The fraction of sp³-hybridized carbons (Fsp3) is 0.457. The molecule has 4 aromatic rings. The van der Waals surface area contributed by atoms with Crippen LogP contribution < -0.4 is 11.1 Å². The number of nitrogen functional groups attached to an aromatic ring is 1. The lowest BCUT2D eigenvalue weighted by Gasteiger charge is -2.39. The Kier molecular flexibility index (Phi) is 10.4. The zero-order valence-corrected chi connectivity index (χ0v) is 28.8. The number of fused-ring (bicyclic) bond motifs is 1. The molecule has 264 valence electrons. The minimum absolute atomic E-state index is 0.119. The van der Waals surface area contributed by atoms with E-state index in [1.807, 2.05) is 65.2 Å². The molecular formula is C35H43N8O6P. The highest BCUT2D eigenvalue weighted by molar-refractivity contribution is 7.59. The molecule has 14 nitrogen and oxygen atoms in total. The van der Waals surface area contributed by atoms with Gasteiger partial charge in [0.1, 0.15) is 31.6 Å². The van der Waals surface area contributed by atoms with Gasteiger partial charge in [0, 0.05) is 25.7 Å². The van der Waals surface area contributed by atoms with Crippen molar-refractivity contribution < 1.29 is 28.4 Å². The Labute approximate surface area is 290 Å². The van der Waals surface area contributed by atoms with Crippen molar-refractivity contribution in [2.45, 2.75) is 76.4 Å². The number of imidazole rings is 1. The van der Waals surface area contributed by atoms with E-state index in [-0.39, 0.29) is 32.1 Å². The van der Waals surface area contributed by atoms with E-state index in [1.165, 1.54) is 0 Å². The Bertz CT molecular complexity index is 1760. The van der Waals surface area contributed by atoms with Gasteiger partial charge in [-0.05, 0) is 49.7 Å². The second kappa shape index (κ2) is 15.3. The van der Waals surface area contributed by atoms with Gasteiger partial charge in [0.15, 0.2) is 17.0 Å². The summed E-state index contributed by atoms with van der Waals surface area (Å²) in [5.74, 6) is -0.123. The summed E-state index contributed by atoms with van der Waals surface area (Å²) in [6.45, 7) is 1.60. The van der Waals surface area contributed by atoms with E-state index >= 15 is 4.57 Å². The number of hydrogen-bond acceptors (Lipinski definition) is 11. The molecule has 0 amide bonds. The molecule has 15 heteroatoms. The Morgan fingerprint density at radius 2 is 1.42 bits per heavy atom. The van der Waals surface area contributed by atoms with Crippen molar-refractivity contribution in [2.75, 3.05) is 37.1 Å². The molecule has 0 bridgehead atoms. The first-order chi connectivity index (χ1) is 24.4. The van der Waals surface area contributed by atoms with Crippen LogP contribution in [0.2, 0.25) is 0 Å². The second-order valence-corrected chi connectivity index (χ2v) is 15.6. The monoisotopic (exact) mass is 702 g/mol. The third kappa shape index (κ3) is 7.68. The van der Waals surface area contributed by atoms with Crippen molar-refractivity contribution in [3.8, 4) is 0 Å². The molecule has 1 saturated carbocycles. The lowest BCUT2D eigenvalue weighted by atomic mass is 10.2. The molecule has 7 rings (SSSR count). The van der Waals surface area contributed by atoms with Crippen LogP contribution in [0.15, 0.2) is 67.0 Å². The van der Waals surface area contributed by atoms with E-state index in [2.05, 4.69) is 20.3 Å². The molecule has 2 aliphatic heterocycles.